The third kappa shape index (κ3) is 3.42. The second-order valence-electron chi connectivity index (χ2n) is 5.37. The van der Waals surface area contributed by atoms with E-state index in [1.165, 1.54) is 22.3 Å². The Morgan fingerprint density at radius 2 is 1.09 bits per heavy atom. The lowest BCUT2D eigenvalue weighted by molar-refractivity contribution is 0.960. The molecule has 106 valence electrons. The molecule has 0 spiro atoms. The smallest absolute Gasteiger partial charge is 0.0991 e. The summed E-state index contributed by atoms with van der Waals surface area (Å²) in [5.41, 5.74) is 5.83. The molecule has 0 unspecified atom stereocenters. The second kappa shape index (κ2) is 6.74. The summed E-state index contributed by atoms with van der Waals surface area (Å²) in [6, 6.07) is 29.2. The Balaban J connectivity index is 1.65. The Morgan fingerprint density at radius 1 is 0.591 bits per heavy atom. The number of hydrogen-bond acceptors (Lipinski definition) is 1. The highest BCUT2D eigenvalue weighted by Gasteiger charge is 1.99. The van der Waals surface area contributed by atoms with Crippen LogP contribution in [-0.4, -0.2) is 0 Å². The van der Waals surface area contributed by atoms with Crippen molar-refractivity contribution < 1.29 is 0 Å². The van der Waals surface area contributed by atoms with Crippen molar-refractivity contribution in [3.05, 3.63) is 95.6 Å². The van der Waals surface area contributed by atoms with Crippen molar-refractivity contribution in [2.24, 2.45) is 0 Å². The molecule has 0 aliphatic carbocycles. The summed E-state index contributed by atoms with van der Waals surface area (Å²) in [4.78, 5) is 0. The first-order valence-electron chi connectivity index (χ1n) is 7.48. The summed E-state index contributed by atoms with van der Waals surface area (Å²) in [5.74, 6) is 0. The van der Waals surface area contributed by atoms with Gasteiger partial charge in [0.2, 0.25) is 0 Å². The van der Waals surface area contributed by atoms with Gasteiger partial charge in [0.25, 0.3) is 0 Å². The Kier molecular flexibility index (Phi) is 4.32. The van der Waals surface area contributed by atoms with E-state index in [0.29, 0.717) is 0 Å². The number of hydrogen-bond donors (Lipinski definition) is 0. The molecule has 1 nitrogen and oxygen atoms in total. The van der Waals surface area contributed by atoms with E-state index in [4.69, 9.17) is 5.26 Å². The molecule has 0 radical (unpaired) electrons. The molecule has 0 fully saturated rings. The highest BCUT2D eigenvalue weighted by Crippen LogP contribution is 2.19. The Morgan fingerprint density at radius 3 is 1.64 bits per heavy atom. The van der Waals surface area contributed by atoms with Crippen LogP contribution in [0.25, 0.3) is 11.1 Å². The van der Waals surface area contributed by atoms with Crippen LogP contribution in [0, 0.1) is 11.3 Å². The summed E-state index contributed by atoms with van der Waals surface area (Å²) in [7, 11) is 0. The van der Waals surface area contributed by atoms with Gasteiger partial charge in [-0.25, -0.2) is 0 Å². The maximum absolute atomic E-state index is 8.81. The van der Waals surface area contributed by atoms with E-state index in [2.05, 4.69) is 54.6 Å². The van der Waals surface area contributed by atoms with Gasteiger partial charge in [-0.05, 0) is 47.2 Å². The summed E-state index contributed by atoms with van der Waals surface area (Å²) in [6.07, 6.45) is 2.01. The summed E-state index contributed by atoms with van der Waals surface area (Å²) in [5, 5.41) is 8.81. The molecule has 0 heterocycles. The molecule has 0 aromatic heterocycles. The number of nitriles is 1. The predicted octanol–water partition coefficient (Wildman–Crippen LogP) is 5.01. The molecule has 0 saturated carbocycles. The molecule has 0 saturated heterocycles. The van der Waals surface area contributed by atoms with Crippen LogP contribution in [0.15, 0.2) is 78.9 Å². The minimum Gasteiger partial charge on any atom is -0.192 e. The third-order valence-electron chi connectivity index (χ3n) is 3.85. The van der Waals surface area contributed by atoms with E-state index < -0.39 is 0 Å². The lowest BCUT2D eigenvalue weighted by atomic mass is 10.00. The molecule has 0 amide bonds. The lowest BCUT2D eigenvalue weighted by Gasteiger charge is -2.05. The number of benzene rings is 3. The summed E-state index contributed by atoms with van der Waals surface area (Å²) in [6.45, 7) is 0. The Bertz CT molecular complexity index is 763. The Hall–Kier alpha value is -2.85. The normalized spacial score (nSPS) is 10.1. The molecule has 0 aliphatic heterocycles. The van der Waals surface area contributed by atoms with E-state index in [1.54, 1.807) is 0 Å². The standard InChI is InChI=1S/C21H17N/c22-16-19-10-8-17(9-11-19)6-7-18-12-14-21(15-13-18)20-4-2-1-3-5-20/h1-5,8-15H,6-7H2. The van der Waals surface area contributed by atoms with Gasteiger partial charge >= 0.3 is 0 Å². The van der Waals surface area contributed by atoms with Gasteiger partial charge < -0.3 is 0 Å². The molecule has 3 rings (SSSR count). The first-order valence-corrected chi connectivity index (χ1v) is 7.48. The van der Waals surface area contributed by atoms with Gasteiger partial charge in [0.15, 0.2) is 0 Å². The van der Waals surface area contributed by atoms with Crippen molar-refractivity contribution in [2.75, 3.05) is 0 Å². The molecule has 1 heteroatoms. The van der Waals surface area contributed by atoms with E-state index in [1.807, 2.05) is 30.3 Å². The second-order valence-corrected chi connectivity index (χ2v) is 5.37. The molecule has 0 bridgehead atoms. The van der Waals surface area contributed by atoms with Crippen LogP contribution in [0.5, 0.6) is 0 Å². The highest BCUT2D eigenvalue weighted by atomic mass is 14.2. The Labute approximate surface area is 131 Å². The average molecular weight is 283 g/mol. The fourth-order valence-electron chi connectivity index (χ4n) is 2.53. The van der Waals surface area contributed by atoms with Crippen LogP contribution < -0.4 is 0 Å². The summed E-state index contributed by atoms with van der Waals surface area (Å²) >= 11 is 0. The van der Waals surface area contributed by atoms with Crippen LogP contribution in [0.3, 0.4) is 0 Å². The van der Waals surface area contributed by atoms with Gasteiger partial charge in [-0.2, -0.15) is 5.26 Å². The van der Waals surface area contributed by atoms with Crippen molar-refractivity contribution in [2.45, 2.75) is 12.8 Å². The van der Waals surface area contributed by atoms with E-state index in [0.717, 1.165) is 18.4 Å². The fraction of sp³-hybridized carbons (Fsp3) is 0.0952. The molecule has 0 aliphatic rings. The van der Waals surface area contributed by atoms with Crippen molar-refractivity contribution in [1.82, 2.24) is 0 Å². The van der Waals surface area contributed by atoms with Crippen LogP contribution in [-0.2, 0) is 12.8 Å². The maximum Gasteiger partial charge on any atom is 0.0991 e. The van der Waals surface area contributed by atoms with Crippen LogP contribution in [0.4, 0.5) is 0 Å². The van der Waals surface area contributed by atoms with Gasteiger partial charge in [-0.15, -0.1) is 0 Å². The van der Waals surface area contributed by atoms with Gasteiger partial charge in [0.1, 0.15) is 0 Å². The zero-order valence-corrected chi connectivity index (χ0v) is 12.4. The molecule has 3 aromatic carbocycles. The quantitative estimate of drug-likeness (QED) is 0.660. The van der Waals surface area contributed by atoms with Crippen LogP contribution >= 0.6 is 0 Å². The molecule has 22 heavy (non-hydrogen) atoms. The van der Waals surface area contributed by atoms with Crippen molar-refractivity contribution in [1.29, 1.82) is 5.26 Å². The molecular weight excluding hydrogens is 266 g/mol. The lowest BCUT2D eigenvalue weighted by Crippen LogP contribution is -1.91. The highest BCUT2D eigenvalue weighted by molar-refractivity contribution is 5.63. The topological polar surface area (TPSA) is 23.8 Å². The van der Waals surface area contributed by atoms with E-state index in [-0.39, 0.29) is 0 Å². The predicted molar refractivity (Wildman–Crippen MR) is 90.4 cm³/mol. The third-order valence-corrected chi connectivity index (χ3v) is 3.85. The number of aryl methyl sites for hydroxylation is 2. The average Bonchev–Trinajstić information content (AvgIpc) is 2.61. The molecule has 0 N–H and O–H groups in total. The molecular formula is C21H17N. The van der Waals surface area contributed by atoms with Gasteiger partial charge in [-0.1, -0.05) is 66.7 Å². The first kappa shape index (κ1) is 14.1. The van der Waals surface area contributed by atoms with Crippen molar-refractivity contribution in [3.8, 4) is 17.2 Å². The monoisotopic (exact) mass is 283 g/mol. The molecule has 0 atom stereocenters. The zero-order chi connectivity index (χ0) is 15.2. The summed E-state index contributed by atoms with van der Waals surface area (Å²) < 4.78 is 0. The maximum atomic E-state index is 8.81. The zero-order valence-electron chi connectivity index (χ0n) is 12.4. The minimum atomic E-state index is 0.718. The fourth-order valence-corrected chi connectivity index (χ4v) is 2.53. The number of rotatable bonds is 4. The van der Waals surface area contributed by atoms with E-state index >= 15 is 0 Å². The SMILES string of the molecule is N#Cc1ccc(CCc2ccc(-c3ccccc3)cc2)cc1. The number of nitrogens with zero attached hydrogens (tertiary/aromatic N) is 1. The first-order chi connectivity index (χ1) is 10.8. The minimum absolute atomic E-state index is 0.718. The largest absolute Gasteiger partial charge is 0.192 e. The van der Waals surface area contributed by atoms with Crippen molar-refractivity contribution in [3.63, 3.8) is 0 Å². The van der Waals surface area contributed by atoms with Crippen molar-refractivity contribution >= 4 is 0 Å². The molecule has 3 aromatic rings. The van der Waals surface area contributed by atoms with Gasteiger partial charge in [0, 0.05) is 0 Å². The van der Waals surface area contributed by atoms with Gasteiger partial charge in [-0.3, -0.25) is 0 Å². The van der Waals surface area contributed by atoms with E-state index in [9.17, 15) is 0 Å². The van der Waals surface area contributed by atoms with Crippen LogP contribution in [0.1, 0.15) is 16.7 Å². The van der Waals surface area contributed by atoms with Crippen LogP contribution in [0.2, 0.25) is 0 Å². The van der Waals surface area contributed by atoms with Gasteiger partial charge in [0.05, 0.1) is 11.6 Å².